The number of aromatic nitrogens is 2. The van der Waals surface area contributed by atoms with Gasteiger partial charge in [0.25, 0.3) is 5.56 Å². The fourth-order valence-corrected chi connectivity index (χ4v) is 3.41. The van der Waals surface area contributed by atoms with Crippen LogP contribution in [0.1, 0.15) is 22.3 Å². The lowest BCUT2D eigenvalue weighted by Gasteiger charge is -2.09. The van der Waals surface area contributed by atoms with Gasteiger partial charge in [-0.3, -0.25) is 9.69 Å². The third-order valence-electron chi connectivity index (χ3n) is 4.86. The number of aryl methyl sites for hydroxylation is 2. The molecule has 27 heavy (non-hydrogen) atoms. The van der Waals surface area contributed by atoms with Crippen LogP contribution in [-0.2, 0) is 32.7 Å². The largest absolute Gasteiger partial charge is 0.487 e. The highest BCUT2D eigenvalue weighted by Crippen LogP contribution is 2.22. The van der Waals surface area contributed by atoms with Crippen LogP contribution in [0.5, 0.6) is 5.75 Å². The molecule has 2 aromatic carbocycles. The summed E-state index contributed by atoms with van der Waals surface area (Å²) in [5.74, 6) is 0.501. The van der Waals surface area contributed by atoms with Gasteiger partial charge < -0.3 is 4.74 Å². The summed E-state index contributed by atoms with van der Waals surface area (Å²) in [6.45, 7) is 3.00. The summed E-state index contributed by atoms with van der Waals surface area (Å²) in [5.41, 5.74) is 4.95. The SMILES string of the molecule is CN1Cc2ccc(CCn3ncc(OCc4ccccc4)cc3=O)cc2C1. The lowest BCUT2D eigenvalue weighted by Crippen LogP contribution is -2.23. The van der Waals surface area contributed by atoms with E-state index in [1.807, 2.05) is 30.3 Å². The predicted molar refractivity (Wildman–Crippen MR) is 105 cm³/mol. The molecule has 0 bridgehead atoms. The minimum absolute atomic E-state index is 0.138. The molecule has 1 aliphatic rings. The monoisotopic (exact) mass is 361 g/mol. The Hall–Kier alpha value is -2.92. The van der Waals surface area contributed by atoms with Crippen LogP contribution in [-0.4, -0.2) is 21.7 Å². The highest BCUT2D eigenvalue weighted by molar-refractivity contribution is 5.34. The van der Waals surface area contributed by atoms with Crippen molar-refractivity contribution >= 4 is 0 Å². The summed E-state index contributed by atoms with van der Waals surface area (Å²) in [5, 5.41) is 4.26. The number of hydrogen-bond donors (Lipinski definition) is 0. The molecule has 4 rings (SSSR count). The van der Waals surface area contributed by atoms with Gasteiger partial charge in [0.15, 0.2) is 0 Å². The summed E-state index contributed by atoms with van der Waals surface area (Å²) in [7, 11) is 2.13. The number of fused-ring (bicyclic) bond motifs is 1. The number of benzene rings is 2. The molecule has 0 fully saturated rings. The molecule has 0 spiro atoms. The van der Waals surface area contributed by atoms with E-state index in [0.29, 0.717) is 18.9 Å². The Morgan fingerprint density at radius 1 is 1.00 bits per heavy atom. The van der Waals surface area contributed by atoms with Gasteiger partial charge in [0.2, 0.25) is 0 Å². The van der Waals surface area contributed by atoms with E-state index in [1.165, 1.54) is 27.4 Å². The fraction of sp³-hybridized carbons (Fsp3) is 0.273. The van der Waals surface area contributed by atoms with Crippen LogP contribution in [0.4, 0.5) is 0 Å². The van der Waals surface area contributed by atoms with E-state index < -0.39 is 0 Å². The average molecular weight is 361 g/mol. The molecule has 0 atom stereocenters. The standard InChI is InChI=1S/C22H23N3O2/c1-24-14-19-8-7-17(11-20(19)15-24)9-10-25-22(26)12-21(13-23-25)27-16-18-5-3-2-4-6-18/h2-8,11-13H,9-10,14-16H2,1H3. The van der Waals surface area contributed by atoms with Crippen molar-refractivity contribution in [3.8, 4) is 5.75 Å². The molecular formula is C22H23N3O2. The van der Waals surface area contributed by atoms with E-state index in [0.717, 1.165) is 25.1 Å². The summed E-state index contributed by atoms with van der Waals surface area (Å²) in [6, 6.07) is 18.0. The van der Waals surface area contributed by atoms with Crippen LogP contribution in [0, 0.1) is 0 Å². The van der Waals surface area contributed by atoms with E-state index in [9.17, 15) is 4.79 Å². The molecule has 0 amide bonds. The Morgan fingerprint density at radius 3 is 2.63 bits per heavy atom. The summed E-state index contributed by atoms with van der Waals surface area (Å²) >= 11 is 0. The van der Waals surface area contributed by atoms with Gasteiger partial charge in [-0.1, -0.05) is 48.5 Å². The van der Waals surface area contributed by atoms with Crippen molar-refractivity contribution < 1.29 is 4.74 Å². The maximum Gasteiger partial charge on any atom is 0.270 e. The van der Waals surface area contributed by atoms with E-state index >= 15 is 0 Å². The Bertz CT molecular complexity index is 982. The van der Waals surface area contributed by atoms with Gasteiger partial charge in [0.1, 0.15) is 12.4 Å². The normalized spacial score (nSPS) is 13.5. The van der Waals surface area contributed by atoms with Gasteiger partial charge in [-0.15, -0.1) is 0 Å². The van der Waals surface area contributed by atoms with Crippen molar-refractivity contribution in [1.82, 2.24) is 14.7 Å². The van der Waals surface area contributed by atoms with Crippen molar-refractivity contribution in [1.29, 1.82) is 0 Å². The fourth-order valence-electron chi connectivity index (χ4n) is 3.41. The maximum absolute atomic E-state index is 12.3. The smallest absolute Gasteiger partial charge is 0.270 e. The lowest BCUT2D eigenvalue weighted by molar-refractivity contribution is 0.302. The van der Waals surface area contributed by atoms with E-state index in [2.05, 4.69) is 35.2 Å². The molecule has 0 unspecified atom stereocenters. The predicted octanol–water partition coefficient (Wildman–Crippen LogP) is 3.01. The van der Waals surface area contributed by atoms with Gasteiger partial charge in [0, 0.05) is 25.7 Å². The zero-order valence-electron chi connectivity index (χ0n) is 15.5. The first-order valence-corrected chi connectivity index (χ1v) is 9.20. The maximum atomic E-state index is 12.3. The number of hydrogen-bond acceptors (Lipinski definition) is 4. The van der Waals surface area contributed by atoms with Crippen molar-refractivity contribution in [3.05, 3.63) is 93.4 Å². The van der Waals surface area contributed by atoms with Crippen LogP contribution in [0.25, 0.3) is 0 Å². The second-order valence-electron chi connectivity index (χ2n) is 7.05. The summed E-state index contributed by atoms with van der Waals surface area (Å²) < 4.78 is 7.17. The van der Waals surface area contributed by atoms with Crippen LogP contribution in [0.15, 0.2) is 65.6 Å². The molecule has 0 N–H and O–H groups in total. The molecular weight excluding hydrogens is 338 g/mol. The van der Waals surface area contributed by atoms with Crippen LogP contribution in [0.3, 0.4) is 0 Å². The molecule has 138 valence electrons. The van der Waals surface area contributed by atoms with Gasteiger partial charge >= 0.3 is 0 Å². The zero-order chi connectivity index (χ0) is 18.6. The molecule has 2 heterocycles. The van der Waals surface area contributed by atoms with Gasteiger partial charge in [-0.2, -0.15) is 5.10 Å². The number of rotatable bonds is 6. The average Bonchev–Trinajstić information content (AvgIpc) is 3.05. The first-order chi connectivity index (χ1) is 13.2. The first kappa shape index (κ1) is 17.5. The lowest BCUT2D eigenvalue weighted by atomic mass is 10.0. The van der Waals surface area contributed by atoms with Crippen LogP contribution in [0.2, 0.25) is 0 Å². The molecule has 1 aliphatic heterocycles. The van der Waals surface area contributed by atoms with Gasteiger partial charge in [0.05, 0.1) is 6.20 Å². The number of ether oxygens (including phenoxy) is 1. The molecule has 0 saturated carbocycles. The third kappa shape index (κ3) is 4.26. The van der Waals surface area contributed by atoms with Gasteiger partial charge in [-0.25, -0.2) is 4.68 Å². The van der Waals surface area contributed by atoms with Crippen LogP contribution >= 0.6 is 0 Å². The van der Waals surface area contributed by atoms with E-state index in [-0.39, 0.29) is 5.56 Å². The summed E-state index contributed by atoms with van der Waals surface area (Å²) in [4.78, 5) is 14.6. The molecule has 0 aliphatic carbocycles. The molecule has 0 saturated heterocycles. The van der Waals surface area contributed by atoms with E-state index in [1.54, 1.807) is 6.20 Å². The second-order valence-corrected chi connectivity index (χ2v) is 7.05. The third-order valence-corrected chi connectivity index (χ3v) is 4.86. The molecule has 5 nitrogen and oxygen atoms in total. The Kier molecular flexibility index (Phi) is 5.03. The zero-order valence-corrected chi connectivity index (χ0v) is 15.5. The Labute approximate surface area is 158 Å². The van der Waals surface area contributed by atoms with Crippen molar-refractivity contribution in [3.63, 3.8) is 0 Å². The summed E-state index contributed by atoms with van der Waals surface area (Å²) in [6.07, 6.45) is 2.40. The van der Waals surface area contributed by atoms with Crippen LogP contribution < -0.4 is 10.3 Å². The minimum atomic E-state index is -0.138. The molecule has 1 aromatic heterocycles. The highest BCUT2D eigenvalue weighted by atomic mass is 16.5. The van der Waals surface area contributed by atoms with Crippen molar-refractivity contribution in [2.24, 2.45) is 0 Å². The second kappa shape index (κ2) is 7.76. The Morgan fingerprint density at radius 2 is 1.81 bits per heavy atom. The quantitative estimate of drug-likeness (QED) is 0.677. The highest BCUT2D eigenvalue weighted by Gasteiger charge is 2.15. The topological polar surface area (TPSA) is 47.4 Å². The van der Waals surface area contributed by atoms with Crippen molar-refractivity contribution in [2.45, 2.75) is 32.7 Å². The van der Waals surface area contributed by atoms with Gasteiger partial charge in [-0.05, 0) is 35.7 Å². The van der Waals surface area contributed by atoms with E-state index in [4.69, 9.17) is 4.74 Å². The van der Waals surface area contributed by atoms with Crippen molar-refractivity contribution in [2.75, 3.05) is 7.05 Å². The molecule has 0 radical (unpaired) electrons. The molecule has 5 heteroatoms. The molecule has 3 aromatic rings. The minimum Gasteiger partial charge on any atom is -0.487 e. The Balaban J connectivity index is 1.37. The number of nitrogens with zero attached hydrogens (tertiary/aromatic N) is 3. The first-order valence-electron chi connectivity index (χ1n) is 9.20.